The van der Waals surface area contributed by atoms with Crippen LogP contribution in [0.4, 0.5) is 5.69 Å². The largest absolute Gasteiger partial charge is 0.322 e. The number of carbonyl (C=O) groups excluding carboxylic acids is 2. The van der Waals surface area contributed by atoms with Gasteiger partial charge in [-0.3, -0.25) is 9.59 Å². The quantitative estimate of drug-likeness (QED) is 0.424. The van der Waals surface area contributed by atoms with Crippen LogP contribution in [0.3, 0.4) is 0 Å². The second kappa shape index (κ2) is 10.0. The molecule has 2 amide bonds. The summed E-state index contributed by atoms with van der Waals surface area (Å²) >= 11 is 7.60. The van der Waals surface area contributed by atoms with Crippen molar-refractivity contribution in [3.8, 4) is 0 Å². The van der Waals surface area contributed by atoms with Gasteiger partial charge in [0.2, 0.25) is 5.91 Å². The highest BCUT2D eigenvalue weighted by Crippen LogP contribution is 2.39. The second-order valence-corrected chi connectivity index (χ2v) is 10.1. The Labute approximate surface area is 204 Å². The summed E-state index contributed by atoms with van der Waals surface area (Å²) in [5, 5.41) is 3.70. The topological polar surface area (TPSA) is 49.4 Å². The average molecular weight is 479 g/mol. The van der Waals surface area contributed by atoms with Gasteiger partial charge in [0, 0.05) is 22.8 Å². The minimum Gasteiger partial charge on any atom is -0.322 e. The van der Waals surface area contributed by atoms with E-state index in [0.29, 0.717) is 28.8 Å². The molecule has 33 heavy (non-hydrogen) atoms. The number of amides is 2. The number of nitrogens with zero attached hydrogens (tertiary/aromatic N) is 1. The van der Waals surface area contributed by atoms with Crippen LogP contribution in [0.5, 0.6) is 0 Å². The lowest BCUT2D eigenvalue weighted by Crippen LogP contribution is -2.27. The number of para-hydroxylation sites is 1. The third kappa shape index (κ3) is 5.26. The van der Waals surface area contributed by atoms with Crippen LogP contribution in [-0.2, 0) is 11.3 Å². The number of rotatable bonds is 6. The van der Waals surface area contributed by atoms with Crippen molar-refractivity contribution in [2.24, 2.45) is 0 Å². The van der Waals surface area contributed by atoms with Gasteiger partial charge in [0.05, 0.1) is 5.75 Å². The summed E-state index contributed by atoms with van der Waals surface area (Å²) < 4.78 is 0. The fourth-order valence-corrected chi connectivity index (χ4v) is 5.33. The maximum atomic E-state index is 13.0. The maximum Gasteiger partial charge on any atom is 0.255 e. The summed E-state index contributed by atoms with van der Waals surface area (Å²) in [5.74, 6) is 0.741. The van der Waals surface area contributed by atoms with Crippen LogP contribution in [0.1, 0.15) is 57.8 Å². The Morgan fingerprint density at radius 2 is 1.79 bits per heavy atom. The molecule has 0 radical (unpaired) electrons. The molecule has 0 saturated carbocycles. The van der Waals surface area contributed by atoms with Crippen LogP contribution in [0, 0.1) is 6.92 Å². The molecule has 170 valence electrons. The number of hydrogen-bond donors (Lipinski definition) is 1. The highest BCUT2D eigenvalue weighted by atomic mass is 35.5. The van der Waals surface area contributed by atoms with Gasteiger partial charge in [-0.2, -0.15) is 0 Å². The van der Waals surface area contributed by atoms with Crippen molar-refractivity contribution >= 4 is 40.9 Å². The molecule has 0 aliphatic carbocycles. The van der Waals surface area contributed by atoms with E-state index in [-0.39, 0.29) is 17.2 Å². The first kappa shape index (κ1) is 23.4. The van der Waals surface area contributed by atoms with Gasteiger partial charge in [-0.1, -0.05) is 67.9 Å². The number of carbonyl (C=O) groups is 2. The standard InChI is InChI=1S/C27H27ClN2O2S/c1-17(2)23-6-4-5-18(3)25(23)29-26(32)20-9-11-21(12-10-20)27-30(24(31)16-33-27)15-19-7-13-22(28)14-8-19/h4-14,17,27H,15-16H2,1-3H3,(H,29,32)/t27-/m0/s1. The first-order chi connectivity index (χ1) is 15.8. The smallest absolute Gasteiger partial charge is 0.255 e. The summed E-state index contributed by atoms with van der Waals surface area (Å²) in [6.45, 7) is 6.78. The van der Waals surface area contributed by atoms with Gasteiger partial charge < -0.3 is 10.2 Å². The van der Waals surface area contributed by atoms with Gasteiger partial charge in [-0.25, -0.2) is 0 Å². The molecule has 4 nitrogen and oxygen atoms in total. The molecule has 0 bridgehead atoms. The van der Waals surface area contributed by atoms with Crippen LogP contribution in [0.15, 0.2) is 66.7 Å². The summed E-state index contributed by atoms with van der Waals surface area (Å²) in [6, 6.07) is 21.2. The predicted molar refractivity (Wildman–Crippen MR) is 137 cm³/mol. The number of aryl methyl sites for hydroxylation is 1. The molecular weight excluding hydrogens is 452 g/mol. The predicted octanol–water partition coefficient (Wildman–Crippen LogP) is 6.80. The lowest BCUT2D eigenvalue weighted by Gasteiger charge is -2.24. The number of halogens is 1. The van der Waals surface area contributed by atoms with Crippen molar-refractivity contribution in [3.05, 3.63) is 99.6 Å². The van der Waals surface area contributed by atoms with Crippen molar-refractivity contribution in [2.45, 2.75) is 38.6 Å². The lowest BCUT2D eigenvalue weighted by atomic mass is 9.98. The van der Waals surface area contributed by atoms with Gasteiger partial charge in [0.15, 0.2) is 0 Å². The van der Waals surface area contributed by atoms with E-state index < -0.39 is 0 Å². The number of nitrogens with one attached hydrogen (secondary N) is 1. The molecule has 1 fully saturated rings. The zero-order valence-corrected chi connectivity index (χ0v) is 20.5. The average Bonchev–Trinajstić information content (AvgIpc) is 3.16. The Hall–Kier alpha value is -2.76. The molecule has 1 N–H and O–H groups in total. The monoisotopic (exact) mass is 478 g/mol. The molecule has 0 unspecified atom stereocenters. The van der Waals surface area contributed by atoms with E-state index in [2.05, 4.69) is 25.2 Å². The van der Waals surface area contributed by atoms with Crippen molar-refractivity contribution in [2.75, 3.05) is 11.1 Å². The van der Waals surface area contributed by atoms with E-state index in [4.69, 9.17) is 11.6 Å². The first-order valence-corrected chi connectivity index (χ1v) is 12.4. The van der Waals surface area contributed by atoms with Gasteiger partial charge in [0.25, 0.3) is 5.91 Å². The van der Waals surface area contributed by atoms with Crippen molar-refractivity contribution in [1.29, 1.82) is 0 Å². The van der Waals surface area contributed by atoms with Gasteiger partial charge >= 0.3 is 0 Å². The van der Waals surface area contributed by atoms with E-state index in [1.54, 1.807) is 11.8 Å². The molecule has 3 aromatic rings. The van der Waals surface area contributed by atoms with Crippen LogP contribution in [0.2, 0.25) is 5.02 Å². The Morgan fingerprint density at radius 1 is 1.09 bits per heavy atom. The van der Waals surface area contributed by atoms with Crippen molar-refractivity contribution < 1.29 is 9.59 Å². The van der Waals surface area contributed by atoms with E-state index in [1.165, 1.54) is 0 Å². The fraction of sp³-hybridized carbons (Fsp3) is 0.259. The SMILES string of the molecule is Cc1cccc(C(C)C)c1NC(=O)c1ccc([C@@H]2SCC(=O)N2Cc2ccc(Cl)cc2)cc1. The fourth-order valence-electron chi connectivity index (χ4n) is 4.01. The Kier molecular flexibility index (Phi) is 7.11. The van der Waals surface area contributed by atoms with Gasteiger partial charge in [-0.15, -0.1) is 11.8 Å². The zero-order chi connectivity index (χ0) is 23.5. The summed E-state index contributed by atoms with van der Waals surface area (Å²) in [5.41, 5.74) is 5.69. The summed E-state index contributed by atoms with van der Waals surface area (Å²) in [6.07, 6.45) is 0. The molecule has 0 spiro atoms. The highest BCUT2D eigenvalue weighted by Gasteiger charge is 2.32. The molecular formula is C27H27ClN2O2S. The number of hydrogen-bond acceptors (Lipinski definition) is 3. The van der Waals surface area contributed by atoms with Crippen LogP contribution < -0.4 is 5.32 Å². The highest BCUT2D eigenvalue weighted by molar-refractivity contribution is 8.00. The molecule has 1 saturated heterocycles. The first-order valence-electron chi connectivity index (χ1n) is 11.0. The minimum atomic E-state index is -0.133. The van der Waals surface area contributed by atoms with Crippen LogP contribution in [0.25, 0.3) is 0 Å². The van der Waals surface area contributed by atoms with E-state index in [1.807, 2.05) is 72.5 Å². The van der Waals surface area contributed by atoms with Crippen LogP contribution in [-0.4, -0.2) is 22.5 Å². The van der Waals surface area contributed by atoms with Gasteiger partial charge in [-0.05, 0) is 59.4 Å². The third-order valence-electron chi connectivity index (χ3n) is 5.86. The number of anilines is 1. The second-order valence-electron chi connectivity index (χ2n) is 8.58. The van der Waals surface area contributed by atoms with E-state index in [0.717, 1.165) is 27.9 Å². The molecule has 1 aliphatic rings. The third-order valence-corrected chi connectivity index (χ3v) is 7.37. The Bertz CT molecular complexity index is 1160. The van der Waals surface area contributed by atoms with Crippen molar-refractivity contribution in [3.63, 3.8) is 0 Å². The molecule has 1 aliphatic heterocycles. The Morgan fingerprint density at radius 3 is 2.45 bits per heavy atom. The van der Waals surface area contributed by atoms with E-state index >= 15 is 0 Å². The molecule has 1 atom stereocenters. The molecule has 3 aromatic carbocycles. The molecule has 1 heterocycles. The maximum absolute atomic E-state index is 13.0. The number of benzene rings is 3. The molecule has 0 aromatic heterocycles. The summed E-state index contributed by atoms with van der Waals surface area (Å²) in [4.78, 5) is 27.4. The zero-order valence-electron chi connectivity index (χ0n) is 19.0. The number of thioether (sulfide) groups is 1. The normalized spacial score (nSPS) is 15.8. The van der Waals surface area contributed by atoms with Crippen LogP contribution >= 0.6 is 23.4 Å². The lowest BCUT2D eigenvalue weighted by molar-refractivity contribution is -0.128. The van der Waals surface area contributed by atoms with Crippen molar-refractivity contribution in [1.82, 2.24) is 4.90 Å². The minimum absolute atomic E-state index is 0.0748. The van der Waals surface area contributed by atoms with Gasteiger partial charge in [0.1, 0.15) is 5.37 Å². The van der Waals surface area contributed by atoms with E-state index in [9.17, 15) is 9.59 Å². The molecule has 4 rings (SSSR count). The Balaban J connectivity index is 1.50. The summed E-state index contributed by atoms with van der Waals surface area (Å²) in [7, 11) is 0. The molecule has 6 heteroatoms.